The Balaban J connectivity index is 2.19. The number of para-hydroxylation sites is 2. The third kappa shape index (κ3) is 2.87. The molecule has 1 saturated heterocycles. The maximum absolute atomic E-state index is 11.4. The Morgan fingerprint density at radius 2 is 1.94 bits per heavy atom. The summed E-state index contributed by atoms with van der Waals surface area (Å²) in [6, 6.07) is 7.94. The minimum absolute atomic E-state index is 0.158. The summed E-state index contributed by atoms with van der Waals surface area (Å²) in [4.78, 5) is 13.7. The van der Waals surface area contributed by atoms with E-state index < -0.39 is 0 Å². The molecule has 1 fully saturated rings. The first-order valence-electron chi connectivity index (χ1n) is 6.08. The Bertz CT molecular complexity index is 408. The molecular formula is C14H18N2O. The van der Waals surface area contributed by atoms with Crippen molar-refractivity contribution in [2.45, 2.75) is 19.3 Å². The van der Waals surface area contributed by atoms with E-state index in [1.807, 2.05) is 18.2 Å². The van der Waals surface area contributed by atoms with Gasteiger partial charge in [0.2, 0.25) is 5.91 Å². The molecule has 1 aliphatic rings. The highest BCUT2D eigenvalue weighted by Crippen LogP contribution is 2.28. The van der Waals surface area contributed by atoms with Crippen molar-refractivity contribution in [3.05, 3.63) is 36.9 Å². The quantitative estimate of drug-likeness (QED) is 0.810. The average molecular weight is 230 g/mol. The van der Waals surface area contributed by atoms with Gasteiger partial charge in [0, 0.05) is 13.1 Å². The molecule has 0 atom stereocenters. The lowest BCUT2D eigenvalue weighted by atomic mass is 10.1. The van der Waals surface area contributed by atoms with Gasteiger partial charge in [0.25, 0.3) is 0 Å². The van der Waals surface area contributed by atoms with Crippen molar-refractivity contribution in [1.82, 2.24) is 0 Å². The Labute approximate surface area is 102 Å². The van der Waals surface area contributed by atoms with E-state index in [9.17, 15) is 4.79 Å². The zero-order chi connectivity index (χ0) is 12.1. The van der Waals surface area contributed by atoms with E-state index in [4.69, 9.17) is 0 Å². The highest BCUT2D eigenvalue weighted by atomic mass is 16.1. The molecule has 1 aromatic rings. The predicted octanol–water partition coefficient (Wildman–Crippen LogP) is 2.80. The van der Waals surface area contributed by atoms with Crippen LogP contribution in [0, 0.1) is 0 Å². The second-order valence-electron chi connectivity index (χ2n) is 4.26. The fourth-order valence-corrected chi connectivity index (χ4v) is 2.17. The van der Waals surface area contributed by atoms with Crippen molar-refractivity contribution in [2.75, 3.05) is 23.3 Å². The van der Waals surface area contributed by atoms with E-state index in [2.05, 4.69) is 22.9 Å². The van der Waals surface area contributed by atoms with Crippen LogP contribution in [0.1, 0.15) is 19.3 Å². The maximum atomic E-state index is 11.4. The van der Waals surface area contributed by atoms with Crippen LogP contribution in [0.25, 0.3) is 0 Å². The Morgan fingerprint density at radius 3 is 2.65 bits per heavy atom. The number of rotatable bonds is 3. The van der Waals surface area contributed by atoms with Gasteiger partial charge in [0.05, 0.1) is 11.4 Å². The van der Waals surface area contributed by atoms with Crippen LogP contribution in [0.4, 0.5) is 11.4 Å². The predicted molar refractivity (Wildman–Crippen MR) is 71.3 cm³/mol. The number of carbonyl (C=O) groups excluding carboxylic acids is 1. The number of piperidine rings is 1. The molecule has 0 aliphatic carbocycles. The highest BCUT2D eigenvalue weighted by molar-refractivity contribution is 6.01. The molecule has 0 bridgehead atoms. The number of hydrogen-bond donors (Lipinski definition) is 1. The topological polar surface area (TPSA) is 32.3 Å². The summed E-state index contributed by atoms with van der Waals surface area (Å²) in [6.45, 7) is 5.61. The SMILES string of the molecule is C=CC(=O)Nc1ccccc1N1CCCCC1. The van der Waals surface area contributed by atoms with Crippen LogP contribution in [0.3, 0.4) is 0 Å². The van der Waals surface area contributed by atoms with Crippen molar-refractivity contribution in [1.29, 1.82) is 0 Å². The maximum Gasteiger partial charge on any atom is 0.247 e. The van der Waals surface area contributed by atoms with Gasteiger partial charge in [-0.3, -0.25) is 4.79 Å². The lowest BCUT2D eigenvalue weighted by molar-refractivity contribution is -0.111. The van der Waals surface area contributed by atoms with Gasteiger partial charge in [-0.15, -0.1) is 0 Å². The molecule has 0 spiro atoms. The Kier molecular flexibility index (Phi) is 3.81. The molecule has 90 valence electrons. The lowest BCUT2D eigenvalue weighted by Gasteiger charge is -2.30. The van der Waals surface area contributed by atoms with Crippen LogP contribution < -0.4 is 10.2 Å². The molecule has 17 heavy (non-hydrogen) atoms. The smallest absolute Gasteiger partial charge is 0.247 e. The van der Waals surface area contributed by atoms with Crippen molar-refractivity contribution in [3.8, 4) is 0 Å². The van der Waals surface area contributed by atoms with Gasteiger partial charge in [-0.1, -0.05) is 18.7 Å². The lowest BCUT2D eigenvalue weighted by Crippen LogP contribution is -2.30. The highest BCUT2D eigenvalue weighted by Gasteiger charge is 2.14. The molecule has 1 aliphatic heterocycles. The first kappa shape index (κ1) is 11.7. The average Bonchev–Trinajstić information content (AvgIpc) is 2.40. The van der Waals surface area contributed by atoms with E-state index in [0.29, 0.717) is 0 Å². The van der Waals surface area contributed by atoms with Crippen molar-refractivity contribution < 1.29 is 4.79 Å². The summed E-state index contributed by atoms with van der Waals surface area (Å²) in [5, 5.41) is 2.86. The van der Waals surface area contributed by atoms with Crippen molar-refractivity contribution >= 4 is 17.3 Å². The molecule has 0 unspecified atom stereocenters. The largest absolute Gasteiger partial charge is 0.370 e. The summed E-state index contributed by atoms with van der Waals surface area (Å²) in [6.07, 6.45) is 5.05. The monoisotopic (exact) mass is 230 g/mol. The van der Waals surface area contributed by atoms with E-state index in [1.165, 1.54) is 25.3 Å². The number of nitrogens with zero attached hydrogens (tertiary/aromatic N) is 1. The third-order valence-corrected chi connectivity index (χ3v) is 3.04. The van der Waals surface area contributed by atoms with Crippen LogP contribution in [-0.4, -0.2) is 19.0 Å². The van der Waals surface area contributed by atoms with Gasteiger partial charge >= 0.3 is 0 Å². The molecule has 0 aromatic heterocycles. The van der Waals surface area contributed by atoms with Gasteiger partial charge in [0.15, 0.2) is 0 Å². The van der Waals surface area contributed by atoms with Crippen molar-refractivity contribution in [2.24, 2.45) is 0 Å². The first-order valence-corrected chi connectivity index (χ1v) is 6.08. The van der Waals surface area contributed by atoms with Crippen LogP contribution in [-0.2, 0) is 4.79 Å². The molecule has 3 heteroatoms. The van der Waals surface area contributed by atoms with Crippen LogP contribution in [0.5, 0.6) is 0 Å². The Hall–Kier alpha value is -1.77. The number of benzene rings is 1. The summed E-state index contributed by atoms with van der Waals surface area (Å²) in [5.41, 5.74) is 1.99. The van der Waals surface area contributed by atoms with E-state index in [0.717, 1.165) is 24.5 Å². The summed E-state index contributed by atoms with van der Waals surface area (Å²) in [7, 11) is 0. The molecule has 1 aromatic carbocycles. The Morgan fingerprint density at radius 1 is 1.24 bits per heavy atom. The normalized spacial score (nSPS) is 15.4. The second-order valence-corrected chi connectivity index (χ2v) is 4.26. The minimum atomic E-state index is -0.158. The van der Waals surface area contributed by atoms with Crippen molar-refractivity contribution in [3.63, 3.8) is 0 Å². The molecule has 0 saturated carbocycles. The molecule has 1 N–H and O–H groups in total. The van der Waals surface area contributed by atoms with E-state index in [1.54, 1.807) is 0 Å². The first-order chi connectivity index (χ1) is 8.31. The molecule has 3 nitrogen and oxygen atoms in total. The fraction of sp³-hybridized carbons (Fsp3) is 0.357. The zero-order valence-electron chi connectivity index (χ0n) is 9.98. The molecule has 2 rings (SSSR count). The van der Waals surface area contributed by atoms with E-state index in [-0.39, 0.29) is 5.91 Å². The van der Waals surface area contributed by atoms with Gasteiger partial charge in [-0.05, 0) is 37.5 Å². The minimum Gasteiger partial charge on any atom is -0.370 e. The summed E-state index contributed by atoms with van der Waals surface area (Å²) in [5.74, 6) is -0.158. The summed E-state index contributed by atoms with van der Waals surface area (Å²) < 4.78 is 0. The molecular weight excluding hydrogens is 212 g/mol. The van der Waals surface area contributed by atoms with Crippen LogP contribution in [0.2, 0.25) is 0 Å². The number of carbonyl (C=O) groups is 1. The molecule has 1 amide bonds. The van der Waals surface area contributed by atoms with E-state index >= 15 is 0 Å². The number of anilines is 2. The van der Waals surface area contributed by atoms with Gasteiger partial charge in [-0.25, -0.2) is 0 Å². The standard InChI is InChI=1S/C14H18N2O/c1-2-14(17)15-12-8-4-5-9-13(12)16-10-6-3-7-11-16/h2,4-5,8-9H,1,3,6-7,10-11H2,(H,15,17). The van der Waals surface area contributed by atoms with Gasteiger partial charge in [-0.2, -0.15) is 0 Å². The van der Waals surface area contributed by atoms with Crippen LogP contribution in [0.15, 0.2) is 36.9 Å². The second kappa shape index (κ2) is 5.53. The zero-order valence-corrected chi connectivity index (χ0v) is 9.98. The molecule has 0 radical (unpaired) electrons. The molecule has 1 heterocycles. The van der Waals surface area contributed by atoms with Gasteiger partial charge in [0.1, 0.15) is 0 Å². The summed E-state index contributed by atoms with van der Waals surface area (Å²) >= 11 is 0. The fourth-order valence-electron chi connectivity index (χ4n) is 2.17. The number of amides is 1. The van der Waals surface area contributed by atoms with Gasteiger partial charge < -0.3 is 10.2 Å². The number of hydrogen-bond acceptors (Lipinski definition) is 2. The van der Waals surface area contributed by atoms with Crippen LogP contribution >= 0.6 is 0 Å². The third-order valence-electron chi connectivity index (χ3n) is 3.04. The number of nitrogens with one attached hydrogen (secondary N) is 1.